The van der Waals surface area contributed by atoms with Gasteiger partial charge in [-0.1, -0.05) is 0 Å². The SMILES string of the molecule is CC1(C(=O)c2cc(Br)c(Br)s2)CCCS1. The number of thiophene rings is 1. The number of carbonyl (C=O) groups is 1. The summed E-state index contributed by atoms with van der Waals surface area (Å²) in [5, 5.41) is 0. The first-order valence-electron chi connectivity index (χ1n) is 4.66. The Morgan fingerprint density at radius 2 is 2.27 bits per heavy atom. The number of rotatable bonds is 2. The minimum absolute atomic E-state index is 0.191. The van der Waals surface area contributed by atoms with E-state index < -0.39 is 0 Å². The highest BCUT2D eigenvalue weighted by Gasteiger charge is 2.38. The van der Waals surface area contributed by atoms with Gasteiger partial charge >= 0.3 is 0 Å². The predicted molar refractivity (Wildman–Crippen MR) is 74.1 cm³/mol. The molecule has 0 aromatic carbocycles. The highest BCUT2D eigenvalue weighted by Crippen LogP contribution is 2.43. The third-order valence-electron chi connectivity index (χ3n) is 2.57. The third-order valence-corrected chi connectivity index (χ3v) is 7.34. The van der Waals surface area contributed by atoms with Gasteiger partial charge in [-0.2, -0.15) is 0 Å². The zero-order valence-electron chi connectivity index (χ0n) is 8.18. The van der Waals surface area contributed by atoms with Gasteiger partial charge in [0.25, 0.3) is 0 Å². The van der Waals surface area contributed by atoms with Crippen molar-refractivity contribution in [2.75, 3.05) is 5.75 Å². The van der Waals surface area contributed by atoms with Crippen LogP contribution in [0, 0.1) is 0 Å². The zero-order valence-corrected chi connectivity index (χ0v) is 13.0. The molecule has 15 heavy (non-hydrogen) atoms. The second-order valence-electron chi connectivity index (χ2n) is 3.74. The van der Waals surface area contributed by atoms with Gasteiger partial charge in [-0.15, -0.1) is 23.1 Å². The van der Waals surface area contributed by atoms with Crippen molar-refractivity contribution in [2.24, 2.45) is 0 Å². The van der Waals surface area contributed by atoms with Gasteiger partial charge in [0, 0.05) is 4.47 Å². The Bertz CT molecular complexity index is 375. The van der Waals surface area contributed by atoms with E-state index in [1.54, 1.807) is 11.8 Å². The van der Waals surface area contributed by atoms with Crippen LogP contribution in [0.5, 0.6) is 0 Å². The molecule has 1 aromatic heterocycles. The zero-order chi connectivity index (χ0) is 11.1. The van der Waals surface area contributed by atoms with E-state index in [-0.39, 0.29) is 10.5 Å². The first-order chi connectivity index (χ1) is 7.03. The average Bonchev–Trinajstić information content (AvgIpc) is 2.75. The third kappa shape index (κ3) is 2.35. The average molecular weight is 370 g/mol. The van der Waals surface area contributed by atoms with Gasteiger partial charge in [-0.3, -0.25) is 4.79 Å². The van der Waals surface area contributed by atoms with Crippen LogP contribution in [-0.2, 0) is 0 Å². The number of ketones is 1. The van der Waals surface area contributed by atoms with E-state index in [4.69, 9.17) is 0 Å². The van der Waals surface area contributed by atoms with E-state index in [2.05, 4.69) is 38.8 Å². The Balaban J connectivity index is 2.27. The molecule has 5 heteroatoms. The van der Waals surface area contributed by atoms with E-state index in [9.17, 15) is 4.79 Å². The Kier molecular flexibility index (Phi) is 3.65. The van der Waals surface area contributed by atoms with Crippen molar-refractivity contribution < 1.29 is 4.79 Å². The second kappa shape index (κ2) is 4.51. The molecule has 0 N–H and O–H groups in total. The summed E-state index contributed by atoms with van der Waals surface area (Å²) in [5.41, 5.74) is 0. The van der Waals surface area contributed by atoms with Crippen molar-refractivity contribution in [1.82, 2.24) is 0 Å². The molecule has 0 spiro atoms. The lowest BCUT2D eigenvalue weighted by atomic mass is 9.99. The largest absolute Gasteiger partial charge is 0.292 e. The quantitative estimate of drug-likeness (QED) is 0.700. The summed E-state index contributed by atoms with van der Waals surface area (Å²) in [6.45, 7) is 2.06. The Morgan fingerprint density at radius 3 is 2.73 bits per heavy atom. The number of Topliss-reactive ketones (excluding diaryl/α,β-unsaturated/α-hetero) is 1. The Hall–Kier alpha value is 0.680. The van der Waals surface area contributed by atoms with Crippen LogP contribution in [0.2, 0.25) is 0 Å². The van der Waals surface area contributed by atoms with Crippen molar-refractivity contribution >= 4 is 60.7 Å². The van der Waals surface area contributed by atoms with Crippen LogP contribution in [0.1, 0.15) is 29.4 Å². The topological polar surface area (TPSA) is 17.1 Å². The molecule has 0 aliphatic carbocycles. The lowest BCUT2D eigenvalue weighted by Gasteiger charge is -2.19. The molecule has 0 amide bonds. The molecule has 1 fully saturated rings. The van der Waals surface area contributed by atoms with Gasteiger partial charge in [0.1, 0.15) is 0 Å². The molecule has 1 aromatic rings. The normalized spacial score (nSPS) is 25.8. The standard InChI is InChI=1S/C10H10Br2OS2/c1-10(3-2-4-14-10)8(13)7-5-6(11)9(12)15-7/h5H,2-4H2,1H3. The van der Waals surface area contributed by atoms with Gasteiger partial charge in [0.05, 0.1) is 13.4 Å². The molecule has 0 saturated carbocycles. The highest BCUT2D eigenvalue weighted by atomic mass is 79.9. The fraction of sp³-hybridized carbons (Fsp3) is 0.500. The lowest BCUT2D eigenvalue weighted by molar-refractivity contribution is 0.0953. The van der Waals surface area contributed by atoms with Crippen LogP contribution in [0.4, 0.5) is 0 Å². The van der Waals surface area contributed by atoms with E-state index >= 15 is 0 Å². The Labute approximate surface area is 114 Å². The van der Waals surface area contributed by atoms with Crippen molar-refractivity contribution in [1.29, 1.82) is 0 Å². The maximum atomic E-state index is 12.3. The van der Waals surface area contributed by atoms with Crippen molar-refractivity contribution in [3.8, 4) is 0 Å². The molecular weight excluding hydrogens is 360 g/mol. The van der Waals surface area contributed by atoms with E-state index in [0.717, 1.165) is 31.7 Å². The van der Waals surface area contributed by atoms with E-state index in [1.807, 2.05) is 6.07 Å². The number of halogens is 2. The van der Waals surface area contributed by atoms with Crippen molar-refractivity contribution in [3.63, 3.8) is 0 Å². The molecule has 1 nitrogen and oxygen atoms in total. The summed E-state index contributed by atoms with van der Waals surface area (Å²) in [4.78, 5) is 13.1. The molecule has 82 valence electrons. The van der Waals surface area contributed by atoms with Crippen molar-refractivity contribution in [2.45, 2.75) is 24.5 Å². The van der Waals surface area contributed by atoms with Crippen molar-refractivity contribution in [3.05, 3.63) is 19.2 Å². The van der Waals surface area contributed by atoms with Crippen LogP contribution in [0.3, 0.4) is 0 Å². The van der Waals surface area contributed by atoms with E-state index in [1.165, 1.54) is 11.3 Å². The molecule has 2 rings (SSSR count). The first kappa shape index (κ1) is 12.1. The van der Waals surface area contributed by atoms with Gasteiger partial charge in [-0.25, -0.2) is 0 Å². The molecule has 1 aliphatic rings. The number of hydrogen-bond acceptors (Lipinski definition) is 3. The van der Waals surface area contributed by atoms with Gasteiger partial charge in [0.15, 0.2) is 5.78 Å². The summed E-state index contributed by atoms with van der Waals surface area (Å²) in [6, 6.07) is 1.92. The maximum absolute atomic E-state index is 12.3. The molecule has 1 unspecified atom stereocenters. The fourth-order valence-corrected chi connectivity index (χ4v) is 5.12. The molecule has 1 saturated heterocycles. The minimum Gasteiger partial charge on any atom is -0.292 e. The molecular formula is C10H10Br2OS2. The smallest absolute Gasteiger partial charge is 0.188 e. The molecule has 2 heterocycles. The lowest BCUT2D eigenvalue weighted by Crippen LogP contribution is -2.27. The summed E-state index contributed by atoms with van der Waals surface area (Å²) in [5.74, 6) is 1.39. The number of hydrogen-bond donors (Lipinski definition) is 0. The van der Waals surface area contributed by atoms with Crippen LogP contribution >= 0.6 is 55.0 Å². The summed E-state index contributed by atoms with van der Waals surface area (Å²) in [6.07, 6.45) is 2.16. The van der Waals surface area contributed by atoms with Gasteiger partial charge in [-0.05, 0) is 63.4 Å². The molecule has 0 bridgehead atoms. The number of carbonyl (C=O) groups excluding carboxylic acids is 1. The van der Waals surface area contributed by atoms with E-state index in [0.29, 0.717) is 0 Å². The first-order valence-corrected chi connectivity index (χ1v) is 8.05. The van der Waals surface area contributed by atoms with Crippen LogP contribution in [0.25, 0.3) is 0 Å². The Morgan fingerprint density at radius 1 is 1.53 bits per heavy atom. The fourth-order valence-electron chi connectivity index (χ4n) is 1.68. The highest BCUT2D eigenvalue weighted by molar-refractivity contribution is 9.13. The summed E-state index contributed by atoms with van der Waals surface area (Å²) in [7, 11) is 0. The maximum Gasteiger partial charge on any atom is 0.188 e. The molecule has 1 atom stereocenters. The minimum atomic E-state index is -0.191. The van der Waals surface area contributed by atoms with Crippen LogP contribution < -0.4 is 0 Å². The van der Waals surface area contributed by atoms with Crippen LogP contribution in [0.15, 0.2) is 14.3 Å². The number of thioether (sulfide) groups is 1. The van der Waals surface area contributed by atoms with Gasteiger partial charge < -0.3 is 0 Å². The second-order valence-corrected chi connectivity index (χ2v) is 8.57. The van der Waals surface area contributed by atoms with Gasteiger partial charge in [0.2, 0.25) is 0 Å². The monoisotopic (exact) mass is 368 g/mol. The van der Waals surface area contributed by atoms with Crippen LogP contribution in [-0.4, -0.2) is 16.3 Å². The predicted octanol–water partition coefficient (Wildman–Crippen LogP) is 4.74. The molecule has 0 radical (unpaired) electrons. The summed E-state index contributed by atoms with van der Waals surface area (Å²) >= 11 is 10.1. The molecule has 1 aliphatic heterocycles. The summed E-state index contributed by atoms with van der Waals surface area (Å²) < 4.78 is 1.78.